The lowest BCUT2D eigenvalue weighted by molar-refractivity contribution is -0.158. The molecule has 4 nitrogen and oxygen atoms in total. The molecule has 0 aliphatic carbocycles. The Morgan fingerprint density at radius 1 is 1.14 bits per heavy atom. The smallest absolute Gasteiger partial charge is 0.349 e. The molecule has 0 aromatic heterocycles. The Bertz CT molecular complexity index is 860. The van der Waals surface area contributed by atoms with Gasteiger partial charge >= 0.3 is 5.97 Å². The number of hydrogen-bond donors (Lipinski definition) is 0. The normalized spacial score (nSPS) is 10.6. The Morgan fingerprint density at radius 2 is 1.86 bits per heavy atom. The van der Waals surface area contributed by atoms with Crippen molar-refractivity contribution in [1.29, 1.82) is 0 Å². The van der Waals surface area contributed by atoms with Crippen molar-refractivity contribution in [3.63, 3.8) is 0 Å². The first-order valence-corrected chi connectivity index (χ1v) is 9.53. The van der Waals surface area contributed by atoms with E-state index in [1.807, 2.05) is 43.3 Å². The number of ether oxygens (including phenoxy) is 3. The van der Waals surface area contributed by atoms with Crippen molar-refractivity contribution in [2.75, 3.05) is 13.2 Å². The number of benzene rings is 2. The zero-order chi connectivity index (χ0) is 20.6. The fraction of sp³-hybridized carbons (Fsp3) is 0.348. The van der Waals surface area contributed by atoms with E-state index in [9.17, 15) is 4.79 Å². The molecule has 0 spiro atoms. The van der Waals surface area contributed by atoms with Crippen LogP contribution in [0.4, 0.5) is 0 Å². The maximum absolute atomic E-state index is 12.0. The van der Waals surface area contributed by atoms with Gasteiger partial charge in [0.05, 0.1) is 13.2 Å². The van der Waals surface area contributed by atoms with Crippen LogP contribution in [0.5, 0.6) is 11.5 Å². The Hall–Kier alpha value is -2.64. The Kier molecular flexibility index (Phi) is 7.78. The van der Waals surface area contributed by atoms with Crippen molar-refractivity contribution in [1.82, 2.24) is 0 Å². The highest BCUT2D eigenvalue weighted by atomic mass is 35.5. The zero-order valence-corrected chi connectivity index (χ0v) is 17.4. The molecule has 28 heavy (non-hydrogen) atoms. The number of esters is 1. The molecule has 0 radical (unpaired) electrons. The van der Waals surface area contributed by atoms with Crippen LogP contribution >= 0.6 is 11.6 Å². The molecule has 0 unspecified atom stereocenters. The Labute approximate surface area is 171 Å². The van der Waals surface area contributed by atoms with E-state index in [0.29, 0.717) is 30.4 Å². The van der Waals surface area contributed by atoms with Crippen molar-refractivity contribution in [3.05, 3.63) is 58.6 Å². The highest BCUT2D eigenvalue weighted by Crippen LogP contribution is 2.27. The molecule has 0 saturated carbocycles. The maximum atomic E-state index is 12.0. The van der Waals surface area contributed by atoms with E-state index < -0.39 is 11.6 Å². The molecule has 2 aromatic rings. The van der Waals surface area contributed by atoms with E-state index in [1.54, 1.807) is 26.8 Å². The summed E-state index contributed by atoms with van der Waals surface area (Å²) in [6.45, 7) is 7.85. The molecule has 0 N–H and O–H groups in total. The minimum Gasteiger partial charge on any atom is -0.493 e. The molecule has 0 atom stereocenters. The van der Waals surface area contributed by atoms with Gasteiger partial charge in [0, 0.05) is 17.0 Å². The van der Waals surface area contributed by atoms with Crippen LogP contribution in [-0.2, 0) is 9.53 Å². The maximum Gasteiger partial charge on any atom is 0.349 e. The second kappa shape index (κ2) is 10.1. The summed E-state index contributed by atoms with van der Waals surface area (Å²) in [6.07, 6.45) is 0.607. The lowest BCUT2D eigenvalue weighted by Gasteiger charge is -2.25. The molecule has 2 rings (SSSR count). The van der Waals surface area contributed by atoms with Crippen molar-refractivity contribution < 1.29 is 19.0 Å². The number of hydrogen-bond acceptors (Lipinski definition) is 4. The van der Waals surface area contributed by atoms with Gasteiger partial charge in [-0.15, -0.1) is 0 Å². The minimum atomic E-state index is -1.06. The van der Waals surface area contributed by atoms with E-state index in [1.165, 1.54) is 0 Å². The largest absolute Gasteiger partial charge is 0.493 e. The van der Waals surface area contributed by atoms with E-state index >= 15 is 0 Å². The second-order valence-corrected chi connectivity index (χ2v) is 7.10. The second-order valence-electron chi connectivity index (χ2n) is 6.67. The van der Waals surface area contributed by atoms with E-state index in [-0.39, 0.29) is 0 Å². The molecule has 0 fully saturated rings. The number of aryl methyl sites for hydroxylation is 1. The number of halogens is 1. The van der Waals surface area contributed by atoms with Crippen LogP contribution in [0.15, 0.2) is 42.5 Å². The van der Waals surface area contributed by atoms with Gasteiger partial charge in [0.25, 0.3) is 0 Å². The molecule has 5 heteroatoms. The summed E-state index contributed by atoms with van der Waals surface area (Å²) in [6, 6.07) is 12.9. The quantitative estimate of drug-likeness (QED) is 0.364. The molecular formula is C23H25ClO4. The van der Waals surface area contributed by atoms with Crippen molar-refractivity contribution in [2.24, 2.45) is 0 Å². The van der Waals surface area contributed by atoms with Crippen LogP contribution in [0.3, 0.4) is 0 Å². The van der Waals surface area contributed by atoms with Crippen LogP contribution in [-0.4, -0.2) is 24.8 Å². The number of carbonyl (C=O) groups is 1. The summed E-state index contributed by atoms with van der Waals surface area (Å²) in [5, 5.41) is 0.697. The highest BCUT2D eigenvalue weighted by Gasteiger charge is 2.32. The van der Waals surface area contributed by atoms with E-state index in [4.69, 9.17) is 25.8 Å². The van der Waals surface area contributed by atoms with E-state index in [2.05, 4.69) is 11.8 Å². The van der Waals surface area contributed by atoms with E-state index in [0.717, 1.165) is 16.9 Å². The summed E-state index contributed by atoms with van der Waals surface area (Å²) in [4.78, 5) is 12.0. The SMILES string of the molecule is CCOC(=O)C(C)(C)Oc1ccc(OCCC#Cc2ccc(Cl)cc2)cc1C. The van der Waals surface area contributed by atoms with Crippen molar-refractivity contribution in [3.8, 4) is 23.3 Å². The van der Waals surface area contributed by atoms with Crippen LogP contribution in [0.1, 0.15) is 38.3 Å². The molecule has 0 heterocycles. The van der Waals surface area contributed by atoms with Gasteiger partial charge in [0.15, 0.2) is 5.60 Å². The molecule has 0 saturated heterocycles. The monoisotopic (exact) mass is 400 g/mol. The summed E-state index contributed by atoms with van der Waals surface area (Å²) in [5.41, 5.74) is 0.744. The zero-order valence-electron chi connectivity index (χ0n) is 16.7. The molecule has 148 valence electrons. The average molecular weight is 401 g/mol. The van der Waals surface area contributed by atoms with Crippen LogP contribution < -0.4 is 9.47 Å². The summed E-state index contributed by atoms with van der Waals surface area (Å²) in [5.74, 6) is 7.10. The predicted octanol–water partition coefficient (Wildman–Crippen LogP) is 5.19. The lowest BCUT2D eigenvalue weighted by atomic mass is 10.1. The first-order valence-electron chi connectivity index (χ1n) is 9.16. The molecular weight excluding hydrogens is 376 g/mol. The average Bonchev–Trinajstić information content (AvgIpc) is 2.65. The molecule has 2 aromatic carbocycles. The minimum absolute atomic E-state index is 0.318. The topological polar surface area (TPSA) is 44.8 Å². The predicted molar refractivity (Wildman–Crippen MR) is 111 cm³/mol. The third-order valence-electron chi connectivity index (χ3n) is 3.85. The number of rotatable bonds is 7. The standard InChI is InChI=1S/C23H25ClO4/c1-5-26-22(25)23(3,4)28-21-14-13-20(16-17(21)2)27-15-7-6-8-18-9-11-19(24)12-10-18/h9-14,16H,5,7,15H2,1-4H3. The van der Waals surface area contributed by atoms with Crippen LogP contribution in [0.25, 0.3) is 0 Å². The molecule has 0 amide bonds. The van der Waals surface area contributed by atoms with Gasteiger partial charge in [0.2, 0.25) is 0 Å². The summed E-state index contributed by atoms with van der Waals surface area (Å²) >= 11 is 5.85. The fourth-order valence-corrected chi connectivity index (χ4v) is 2.49. The van der Waals surface area contributed by atoms with Crippen LogP contribution in [0.2, 0.25) is 5.02 Å². The van der Waals surface area contributed by atoms with Gasteiger partial charge in [-0.2, -0.15) is 0 Å². The summed E-state index contributed by atoms with van der Waals surface area (Å²) < 4.78 is 16.6. The van der Waals surface area contributed by atoms with Crippen molar-refractivity contribution in [2.45, 2.75) is 39.7 Å². The lowest BCUT2D eigenvalue weighted by Crippen LogP contribution is -2.39. The Morgan fingerprint density at radius 3 is 2.50 bits per heavy atom. The van der Waals surface area contributed by atoms with Crippen molar-refractivity contribution >= 4 is 17.6 Å². The van der Waals surface area contributed by atoms with Gasteiger partial charge in [-0.25, -0.2) is 4.79 Å². The van der Waals surface area contributed by atoms with Gasteiger partial charge in [-0.05, 0) is 75.7 Å². The number of carbonyl (C=O) groups excluding carboxylic acids is 1. The fourth-order valence-electron chi connectivity index (χ4n) is 2.37. The highest BCUT2D eigenvalue weighted by molar-refractivity contribution is 6.30. The molecule has 0 bridgehead atoms. The first-order chi connectivity index (χ1) is 13.3. The summed E-state index contributed by atoms with van der Waals surface area (Å²) in [7, 11) is 0. The van der Waals surface area contributed by atoms with Gasteiger partial charge in [0.1, 0.15) is 11.5 Å². The third kappa shape index (κ3) is 6.51. The Balaban J connectivity index is 1.88. The van der Waals surface area contributed by atoms with Gasteiger partial charge in [-0.3, -0.25) is 0 Å². The third-order valence-corrected chi connectivity index (χ3v) is 4.10. The van der Waals surface area contributed by atoms with Gasteiger partial charge in [-0.1, -0.05) is 23.4 Å². The first kappa shape index (κ1) is 21.7. The van der Waals surface area contributed by atoms with Gasteiger partial charge < -0.3 is 14.2 Å². The molecule has 0 aliphatic rings. The van der Waals surface area contributed by atoms with Crippen LogP contribution in [0, 0.1) is 18.8 Å². The molecule has 0 aliphatic heterocycles.